The number of aryl methyl sites for hydroxylation is 1. The lowest BCUT2D eigenvalue weighted by Crippen LogP contribution is -2.45. The van der Waals surface area contributed by atoms with Gasteiger partial charge in [-0.2, -0.15) is 4.72 Å². The Morgan fingerprint density at radius 3 is 2.34 bits per heavy atom. The number of fused-ring (bicyclic) bond motifs is 1. The van der Waals surface area contributed by atoms with E-state index < -0.39 is 40.3 Å². The number of sulfonamides is 1. The Labute approximate surface area is 220 Å². The molecule has 4 rings (SSSR count). The molecule has 0 radical (unpaired) electrons. The van der Waals surface area contributed by atoms with Crippen LogP contribution in [0, 0.1) is 25.6 Å². The Morgan fingerprint density at radius 1 is 1.03 bits per heavy atom. The number of halogens is 1. The molecule has 2 heterocycles. The first-order valence-electron chi connectivity index (χ1n) is 12.0. The minimum absolute atomic E-state index is 0.0930. The van der Waals surface area contributed by atoms with E-state index in [4.69, 9.17) is 14.2 Å². The lowest BCUT2D eigenvalue weighted by atomic mass is 10.1. The second kappa shape index (κ2) is 11.0. The third kappa shape index (κ3) is 5.73. The molecule has 1 unspecified atom stereocenters. The Morgan fingerprint density at radius 2 is 1.68 bits per heavy atom. The fraction of sp³-hybridized carbons (Fsp3) is 0.333. The fourth-order valence-corrected chi connectivity index (χ4v) is 5.57. The van der Waals surface area contributed by atoms with Crippen LogP contribution in [0.4, 0.5) is 4.39 Å². The number of aromatic nitrogens is 1. The summed E-state index contributed by atoms with van der Waals surface area (Å²) in [5, 5.41) is 0. The van der Waals surface area contributed by atoms with Gasteiger partial charge < -0.3 is 18.8 Å². The average Bonchev–Trinajstić information content (AvgIpc) is 3.19. The molecule has 0 saturated heterocycles. The predicted octanol–water partition coefficient (Wildman–Crippen LogP) is 3.73. The molecule has 38 heavy (non-hydrogen) atoms. The van der Waals surface area contributed by atoms with Crippen molar-refractivity contribution in [2.24, 2.45) is 5.92 Å². The number of hydrogen-bond acceptors (Lipinski definition) is 7. The lowest BCUT2D eigenvalue weighted by Gasteiger charge is -2.22. The molecule has 1 aliphatic rings. The van der Waals surface area contributed by atoms with E-state index in [0.717, 1.165) is 5.69 Å². The van der Waals surface area contributed by atoms with E-state index in [1.807, 2.05) is 0 Å². The first kappa shape index (κ1) is 27.3. The van der Waals surface area contributed by atoms with Gasteiger partial charge >= 0.3 is 5.97 Å². The average molecular weight is 545 g/mol. The maximum atomic E-state index is 13.3. The summed E-state index contributed by atoms with van der Waals surface area (Å²) < 4.78 is 59.7. The van der Waals surface area contributed by atoms with Gasteiger partial charge in [-0.15, -0.1) is 0 Å². The Hall–Kier alpha value is -3.70. The molecule has 1 aromatic heterocycles. The number of carbonyl (C=O) groups is 2. The second-order valence-corrected chi connectivity index (χ2v) is 11.0. The van der Waals surface area contributed by atoms with Crippen LogP contribution in [-0.4, -0.2) is 50.6 Å². The number of hydrogen-bond donors (Lipinski definition) is 1. The summed E-state index contributed by atoms with van der Waals surface area (Å²) in [5.41, 5.74) is 2.38. The zero-order valence-corrected chi connectivity index (χ0v) is 22.3. The highest BCUT2D eigenvalue weighted by atomic mass is 32.2. The van der Waals surface area contributed by atoms with E-state index in [1.54, 1.807) is 50.5 Å². The highest BCUT2D eigenvalue weighted by Crippen LogP contribution is 2.32. The van der Waals surface area contributed by atoms with Crippen LogP contribution in [0.5, 0.6) is 11.5 Å². The Bertz CT molecular complexity index is 1460. The van der Waals surface area contributed by atoms with E-state index in [9.17, 15) is 22.4 Å². The number of Topliss-reactive ketones (excluding diaryl/α,β-unsaturated/α-hetero) is 1. The van der Waals surface area contributed by atoms with Gasteiger partial charge in [0.25, 0.3) is 0 Å². The number of benzene rings is 2. The number of nitrogens with zero attached hydrogens (tertiary/aromatic N) is 1. The molecule has 9 nitrogen and oxygen atoms in total. The maximum absolute atomic E-state index is 13.3. The molecule has 3 aromatic rings. The van der Waals surface area contributed by atoms with Crippen LogP contribution >= 0.6 is 0 Å². The smallest absolute Gasteiger partial charge is 0.324 e. The number of ether oxygens (including phenoxy) is 3. The number of nitrogens with one attached hydrogen (secondary N) is 1. The first-order chi connectivity index (χ1) is 18.0. The monoisotopic (exact) mass is 544 g/mol. The maximum Gasteiger partial charge on any atom is 0.324 e. The van der Waals surface area contributed by atoms with Crippen LogP contribution in [0.2, 0.25) is 0 Å². The molecule has 0 fully saturated rings. The molecule has 1 atom stereocenters. The van der Waals surface area contributed by atoms with Crippen molar-refractivity contribution in [2.45, 2.75) is 38.6 Å². The lowest BCUT2D eigenvalue weighted by molar-refractivity contribution is -0.145. The summed E-state index contributed by atoms with van der Waals surface area (Å²) in [4.78, 5) is 25.7. The van der Waals surface area contributed by atoms with Gasteiger partial charge in [-0.05, 0) is 62.2 Å². The number of rotatable bonds is 9. The summed E-state index contributed by atoms with van der Waals surface area (Å²) in [6.07, 6.45) is 0. The largest absolute Gasteiger partial charge is 0.486 e. The normalized spacial score (nSPS) is 13.8. The minimum atomic E-state index is -4.12. The highest BCUT2D eigenvalue weighted by Gasteiger charge is 2.31. The van der Waals surface area contributed by atoms with Gasteiger partial charge in [0.05, 0.1) is 4.90 Å². The molecule has 1 N–H and O–H groups in total. The van der Waals surface area contributed by atoms with Gasteiger partial charge in [0.15, 0.2) is 18.1 Å². The van der Waals surface area contributed by atoms with E-state index in [0.29, 0.717) is 41.7 Å². The third-order valence-electron chi connectivity index (χ3n) is 6.19. The first-order valence-corrected chi connectivity index (χ1v) is 13.5. The SMILES string of the molecule is Cc1cc(C(=O)COC(=O)C(NS(=O)(=O)c2ccc3c(c2)OCCO3)C(C)C)c(C)n1-c1ccc(F)cc1. The van der Waals surface area contributed by atoms with Crippen molar-refractivity contribution >= 4 is 21.8 Å². The molecule has 202 valence electrons. The number of esters is 1. The minimum Gasteiger partial charge on any atom is -0.486 e. The molecular formula is C27H29FN2O7S. The Balaban J connectivity index is 1.46. The van der Waals surface area contributed by atoms with E-state index >= 15 is 0 Å². The molecule has 1 aliphatic heterocycles. The van der Waals surface area contributed by atoms with Crippen molar-refractivity contribution < 1.29 is 36.6 Å². The van der Waals surface area contributed by atoms with Crippen LogP contribution < -0.4 is 14.2 Å². The predicted molar refractivity (Wildman–Crippen MR) is 137 cm³/mol. The van der Waals surface area contributed by atoms with Crippen molar-refractivity contribution in [1.29, 1.82) is 0 Å². The molecule has 0 amide bonds. The molecular weight excluding hydrogens is 515 g/mol. The van der Waals surface area contributed by atoms with Gasteiger partial charge in [0.2, 0.25) is 15.8 Å². The van der Waals surface area contributed by atoms with Crippen LogP contribution in [-0.2, 0) is 19.6 Å². The van der Waals surface area contributed by atoms with Gasteiger partial charge in [-0.3, -0.25) is 9.59 Å². The number of ketones is 1. The van der Waals surface area contributed by atoms with Crippen molar-refractivity contribution in [3.05, 3.63) is 71.3 Å². The zero-order valence-electron chi connectivity index (χ0n) is 21.5. The summed E-state index contributed by atoms with van der Waals surface area (Å²) in [5.74, 6) is -1.42. The van der Waals surface area contributed by atoms with E-state index in [-0.39, 0.29) is 10.7 Å². The van der Waals surface area contributed by atoms with Gasteiger partial charge in [0.1, 0.15) is 25.1 Å². The third-order valence-corrected chi connectivity index (χ3v) is 7.63. The molecule has 11 heteroatoms. The van der Waals surface area contributed by atoms with E-state index in [1.165, 1.54) is 30.3 Å². The van der Waals surface area contributed by atoms with Crippen LogP contribution in [0.25, 0.3) is 5.69 Å². The summed E-state index contributed by atoms with van der Waals surface area (Å²) >= 11 is 0. The molecule has 0 saturated carbocycles. The fourth-order valence-electron chi connectivity index (χ4n) is 4.22. The van der Waals surface area contributed by atoms with Crippen molar-refractivity contribution in [2.75, 3.05) is 19.8 Å². The summed E-state index contributed by atoms with van der Waals surface area (Å²) in [7, 11) is -4.12. The molecule has 2 aromatic carbocycles. The van der Waals surface area contributed by atoms with Crippen molar-refractivity contribution in [1.82, 2.24) is 9.29 Å². The van der Waals surface area contributed by atoms with Gasteiger partial charge in [0, 0.05) is 28.7 Å². The number of carbonyl (C=O) groups excluding carboxylic acids is 2. The Kier molecular flexibility index (Phi) is 7.89. The second-order valence-electron chi connectivity index (χ2n) is 9.28. The van der Waals surface area contributed by atoms with Crippen LogP contribution in [0.15, 0.2) is 53.4 Å². The molecule has 0 bridgehead atoms. The summed E-state index contributed by atoms with van der Waals surface area (Å²) in [6.45, 7) is 6.97. The quantitative estimate of drug-likeness (QED) is 0.323. The van der Waals surface area contributed by atoms with Crippen LogP contribution in [0.1, 0.15) is 35.6 Å². The summed E-state index contributed by atoms with van der Waals surface area (Å²) in [6, 6.07) is 10.5. The topological polar surface area (TPSA) is 113 Å². The molecule has 0 aliphatic carbocycles. The van der Waals surface area contributed by atoms with Gasteiger partial charge in [-0.25, -0.2) is 12.8 Å². The molecule has 0 spiro atoms. The standard InChI is InChI=1S/C27H29FN2O7S/c1-16(2)26(29-38(33,34)21-9-10-24-25(14-21)36-12-11-35-24)27(32)37-15-23(31)22-13-17(3)30(18(22)4)20-7-5-19(28)6-8-20/h5-10,13-14,16,26,29H,11-12,15H2,1-4H3. The highest BCUT2D eigenvalue weighted by molar-refractivity contribution is 7.89. The van der Waals surface area contributed by atoms with E-state index in [2.05, 4.69) is 4.72 Å². The van der Waals surface area contributed by atoms with Crippen molar-refractivity contribution in [3.63, 3.8) is 0 Å². The van der Waals surface area contributed by atoms with Crippen LogP contribution in [0.3, 0.4) is 0 Å². The van der Waals surface area contributed by atoms with Crippen molar-refractivity contribution in [3.8, 4) is 17.2 Å². The zero-order chi connectivity index (χ0) is 27.6. The van der Waals surface area contributed by atoms with Gasteiger partial charge in [-0.1, -0.05) is 13.8 Å².